The smallest absolute Gasteiger partial charge is 0.123 e. The minimum Gasteiger partial charge on any atom is -0.389 e. The van der Waals surface area contributed by atoms with E-state index in [2.05, 4.69) is 22.8 Å². The third kappa shape index (κ3) is 5.25. The average molecular weight is 405 g/mol. The van der Waals surface area contributed by atoms with E-state index in [9.17, 15) is 9.50 Å². The van der Waals surface area contributed by atoms with Crippen LogP contribution in [-0.4, -0.2) is 48.3 Å². The van der Waals surface area contributed by atoms with Gasteiger partial charge in [0.15, 0.2) is 0 Å². The summed E-state index contributed by atoms with van der Waals surface area (Å²) >= 11 is 6.12. The van der Waals surface area contributed by atoms with Gasteiger partial charge in [0.25, 0.3) is 0 Å². The molecule has 2 unspecified atom stereocenters. The van der Waals surface area contributed by atoms with E-state index in [4.69, 9.17) is 11.6 Å². The van der Waals surface area contributed by atoms with E-state index in [0.717, 1.165) is 49.0 Å². The van der Waals surface area contributed by atoms with E-state index in [0.29, 0.717) is 12.8 Å². The molecule has 2 atom stereocenters. The Bertz CT molecular complexity index is 779. The van der Waals surface area contributed by atoms with E-state index in [-0.39, 0.29) is 11.7 Å². The van der Waals surface area contributed by atoms with Crippen LogP contribution in [0, 0.1) is 11.7 Å². The molecule has 1 aliphatic rings. The summed E-state index contributed by atoms with van der Waals surface area (Å²) in [6, 6.07) is 14.6. The molecule has 0 spiro atoms. The lowest BCUT2D eigenvalue weighted by atomic mass is 9.80. The first-order chi connectivity index (χ1) is 13.4. The molecule has 1 heterocycles. The zero-order valence-corrected chi connectivity index (χ0v) is 17.5. The zero-order valence-electron chi connectivity index (χ0n) is 16.7. The number of hydrogen-bond donors (Lipinski definition) is 1. The molecule has 0 bridgehead atoms. The predicted octanol–water partition coefficient (Wildman–Crippen LogP) is 4.62. The molecule has 152 valence electrons. The predicted molar refractivity (Wildman–Crippen MR) is 115 cm³/mol. The lowest BCUT2D eigenvalue weighted by Crippen LogP contribution is -2.51. The van der Waals surface area contributed by atoms with Gasteiger partial charge in [0.05, 0.1) is 5.60 Å². The summed E-state index contributed by atoms with van der Waals surface area (Å²) in [5, 5.41) is 12.0. The SMILES string of the molecule is CCC(O)(Cc1cccc(F)c1)C(C)CN1CCN(c2cccc(Cl)c2)CC1. The molecule has 3 rings (SSSR count). The van der Waals surface area contributed by atoms with Gasteiger partial charge in [-0.1, -0.05) is 43.6 Å². The van der Waals surface area contributed by atoms with Crippen LogP contribution in [0.25, 0.3) is 0 Å². The number of nitrogens with zero attached hydrogens (tertiary/aromatic N) is 2. The van der Waals surface area contributed by atoms with Crippen LogP contribution >= 0.6 is 11.6 Å². The number of anilines is 1. The van der Waals surface area contributed by atoms with Gasteiger partial charge in [-0.25, -0.2) is 4.39 Å². The number of rotatable bonds is 7. The average Bonchev–Trinajstić information content (AvgIpc) is 2.68. The number of piperazine rings is 1. The standard InChI is InChI=1S/C23H30ClFN2O/c1-3-23(28,16-19-6-4-8-21(25)14-19)18(2)17-26-10-12-27(13-11-26)22-9-5-7-20(24)15-22/h4-9,14-15,18,28H,3,10-13,16-17H2,1-2H3. The molecule has 3 nitrogen and oxygen atoms in total. The van der Waals surface area contributed by atoms with Crippen LogP contribution in [0.15, 0.2) is 48.5 Å². The van der Waals surface area contributed by atoms with Crippen molar-refractivity contribution in [1.82, 2.24) is 4.90 Å². The minimum atomic E-state index is -0.835. The number of benzene rings is 2. The van der Waals surface area contributed by atoms with Gasteiger partial charge in [-0.3, -0.25) is 4.90 Å². The molecule has 2 aromatic carbocycles. The first-order valence-electron chi connectivity index (χ1n) is 10.1. The van der Waals surface area contributed by atoms with Crippen molar-refractivity contribution in [3.63, 3.8) is 0 Å². The highest BCUT2D eigenvalue weighted by atomic mass is 35.5. The van der Waals surface area contributed by atoms with Gasteiger partial charge in [-0.15, -0.1) is 0 Å². The molecule has 0 saturated carbocycles. The Labute approximate surface area is 172 Å². The maximum absolute atomic E-state index is 13.5. The van der Waals surface area contributed by atoms with Gasteiger partial charge in [0.2, 0.25) is 0 Å². The van der Waals surface area contributed by atoms with E-state index in [1.165, 1.54) is 12.1 Å². The summed E-state index contributed by atoms with van der Waals surface area (Å²) in [6.45, 7) is 8.75. The van der Waals surface area contributed by atoms with Gasteiger partial charge >= 0.3 is 0 Å². The van der Waals surface area contributed by atoms with Gasteiger partial charge in [0, 0.05) is 49.9 Å². The molecule has 1 saturated heterocycles. The molecular formula is C23H30ClFN2O. The monoisotopic (exact) mass is 404 g/mol. The van der Waals surface area contributed by atoms with Gasteiger partial charge in [-0.05, 0) is 48.2 Å². The van der Waals surface area contributed by atoms with E-state index >= 15 is 0 Å². The molecule has 0 amide bonds. The second kappa shape index (κ2) is 9.25. The topological polar surface area (TPSA) is 26.7 Å². The molecule has 1 fully saturated rings. The van der Waals surface area contributed by atoms with Crippen molar-refractivity contribution >= 4 is 17.3 Å². The lowest BCUT2D eigenvalue weighted by Gasteiger charge is -2.41. The second-order valence-corrected chi connectivity index (χ2v) is 8.37. The van der Waals surface area contributed by atoms with Crippen LogP contribution in [0.2, 0.25) is 5.02 Å². The third-order valence-electron chi connectivity index (χ3n) is 6.01. The fraction of sp³-hybridized carbons (Fsp3) is 0.478. The molecule has 0 aromatic heterocycles. The Morgan fingerprint density at radius 1 is 1.11 bits per heavy atom. The molecule has 2 aromatic rings. The van der Waals surface area contributed by atoms with Crippen molar-refractivity contribution in [1.29, 1.82) is 0 Å². The van der Waals surface area contributed by atoms with Crippen LogP contribution < -0.4 is 4.90 Å². The van der Waals surface area contributed by atoms with Crippen LogP contribution in [0.1, 0.15) is 25.8 Å². The number of aliphatic hydroxyl groups is 1. The van der Waals surface area contributed by atoms with E-state index in [1.807, 2.05) is 31.2 Å². The zero-order chi connectivity index (χ0) is 20.1. The second-order valence-electron chi connectivity index (χ2n) is 7.93. The number of hydrogen-bond acceptors (Lipinski definition) is 3. The molecule has 5 heteroatoms. The first kappa shape index (κ1) is 21.1. The summed E-state index contributed by atoms with van der Waals surface area (Å²) in [7, 11) is 0. The van der Waals surface area contributed by atoms with Gasteiger partial charge in [0.1, 0.15) is 5.82 Å². The van der Waals surface area contributed by atoms with E-state index in [1.54, 1.807) is 6.07 Å². The Morgan fingerprint density at radius 2 is 1.82 bits per heavy atom. The summed E-state index contributed by atoms with van der Waals surface area (Å²) in [5.74, 6) is -0.153. The quantitative estimate of drug-likeness (QED) is 0.729. The van der Waals surface area contributed by atoms with Crippen molar-refractivity contribution < 1.29 is 9.50 Å². The van der Waals surface area contributed by atoms with Crippen molar-refractivity contribution in [2.45, 2.75) is 32.3 Å². The summed E-state index contributed by atoms with van der Waals surface area (Å²) in [4.78, 5) is 4.77. The van der Waals surface area contributed by atoms with Crippen LogP contribution in [-0.2, 0) is 6.42 Å². The van der Waals surface area contributed by atoms with Crippen LogP contribution in [0.3, 0.4) is 0 Å². The molecule has 0 aliphatic carbocycles. The molecular weight excluding hydrogens is 375 g/mol. The normalized spacial score (nSPS) is 18.7. The highest BCUT2D eigenvalue weighted by Crippen LogP contribution is 2.28. The molecule has 0 radical (unpaired) electrons. The van der Waals surface area contributed by atoms with Crippen molar-refractivity contribution in [2.75, 3.05) is 37.6 Å². The summed E-state index contributed by atoms with van der Waals surface area (Å²) in [5.41, 5.74) is 1.18. The van der Waals surface area contributed by atoms with Crippen molar-refractivity contribution in [3.8, 4) is 0 Å². The highest BCUT2D eigenvalue weighted by Gasteiger charge is 2.34. The maximum Gasteiger partial charge on any atom is 0.123 e. The fourth-order valence-corrected chi connectivity index (χ4v) is 4.25. The minimum absolute atomic E-state index is 0.0958. The van der Waals surface area contributed by atoms with Crippen molar-refractivity contribution in [2.24, 2.45) is 5.92 Å². The third-order valence-corrected chi connectivity index (χ3v) is 6.24. The van der Waals surface area contributed by atoms with Crippen LogP contribution in [0.4, 0.5) is 10.1 Å². The Kier molecular flexibility index (Phi) is 6.97. The summed E-state index contributed by atoms with van der Waals surface area (Å²) in [6.07, 6.45) is 1.12. The fourth-order valence-electron chi connectivity index (χ4n) is 4.07. The molecule has 1 aliphatic heterocycles. The summed E-state index contributed by atoms with van der Waals surface area (Å²) < 4.78 is 13.5. The molecule has 28 heavy (non-hydrogen) atoms. The Hall–Kier alpha value is -1.62. The highest BCUT2D eigenvalue weighted by molar-refractivity contribution is 6.30. The van der Waals surface area contributed by atoms with Gasteiger partial charge < -0.3 is 10.0 Å². The Morgan fingerprint density at radius 3 is 2.46 bits per heavy atom. The largest absolute Gasteiger partial charge is 0.389 e. The van der Waals surface area contributed by atoms with E-state index < -0.39 is 5.60 Å². The van der Waals surface area contributed by atoms with Gasteiger partial charge in [-0.2, -0.15) is 0 Å². The van der Waals surface area contributed by atoms with Crippen LogP contribution in [0.5, 0.6) is 0 Å². The Balaban J connectivity index is 1.57. The lowest BCUT2D eigenvalue weighted by molar-refractivity contribution is -0.0281. The molecule has 1 N–H and O–H groups in total. The maximum atomic E-state index is 13.5. The van der Waals surface area contributed by atoms with Crippen molar-refractivity contribution in [3.05, 3.63) is 64.9 Å². The number of halogens is 2. The first-order valence-corrected chi connectivity index (χ1v) is 10.5.